The Morgan fingerprint density at radius 2 is 1.50 bits per heavy atom. The van der Waals surface area contributed by atoms with Crippen LogP contribution in [-0.2, 0) is 0 Å². The average Bonchev–Trinajstić information content (AvgIpc) is 1.65. The summed E-state index contributed by atoms with van der Waals surface area (Å²) in [4.78, 5) is 0. The van der Waals surface area contributed by atoms with Crippen LogP contribution in [-0.4, -0.2) is 22.9 Å². The number of nitriles is 1. The monoisotopic (exact) mass is 147 g/mol. The van der Waals surface area contributed by atoms with Gasteiger partial charge in [-0.25, -0.2) is 0 Å². The van der Waals surface area contributed by atoms with Crippen molar-refractivity contribution in [3.63, 3.8) is 0 Å². The second kappa shape index (κ2) is 23.7. The van der Waals surface area contributed by atoms with Crippen LogP contribution < -0.4 is 0 Å². The molecular formula is C7H17NO2. The molecule has 3 heteroatoms. The summed E-state index contributed by atoms with van der Waals surface area (Å²) in [6.07, 6.45) is -0.167. The third kappa shape index (κ3) is 875. The molecule has 0 radical (unpaired) electrons. The van der Waals surface area contributed by atoms with Crippen LogP contribution in [0.4, 0.5) is 0 Å². The molecule has 0 atom stereocenters. The van der Waals surface area contributed by atoms with E-state index < -0.39 is 0 Å². The fraction of sp³-hybridized carbons (Fsp3) is 0.857. The van der Waals surface area contributed by atoms with Gasteiger partial charge in [-0.15, -0.1) is 0 Å². The van der Waals surface area contributed by atoms with Crippen LogP contribution in [0, 0.1) is 11.3 Å². The molecule has 0 saturated carbocycles. The summed E-state index contributed by atoms with van der Waals surface area (Å²) < 4.78 is 0. The number of rotatable bonds is 0. The highest BCUT2D eigenvalue weighted by Gasteiger charge is 1.69. The minimum Gasteiger partial charge on any atom is -0.397 e. The summed E-state index contributed by atoms with van der Waals surface area (Å²) in [5, 5.41) is 22.9. The largest absolute Gasteiger partial charge is 0.397 e. The molecule has 3 nitrogen and oxygen atoms in total. The summed E-state index contributed by atoms with van der Waals surface area (Å²) in [5.74, 6) is 0. The summed E-state index contributed by atoms with van der Waals surface area (Å²) in [7, 11) is 0. The van der Waals surface area contributed by atoms with Gasteiger partial charge in [-0.1, -0.05) is 0 Å². The molecule has 0 bridgehead atoms. The van der Waals surface area contributed by atoms with E-state index in [4.69, 9.17) is 15.5 Å². The number of nitrogens with zero attached hydrogens (tertiary/aromatic N) is 1. The van der Waals surface area contributed by atoms with Gasteiger partial charge in [-0.2, -0.15) is 5.26 Å². The number of aliphatic hydroxyl groups excluding tert-OH is 2. The van der Waals surface area contributed by atoms with Crippen molar-refractivity contribution >= 4 is 0 Å². The van der Waals surface area contributed by atoms with Crippen LogP contribution in [0.3, 0.4) is 0 Å². The zero-order chi connectivity index (χ0) is 8.99. The fourth-order valence-corrected chi connectivity index (χ4v) is 0. The molecule has 0 aliphatic rings. The van der Waals surface area contributed by atoms with Crippen molar-refractivity contribution < 1.29 is 10.2 Å². The maximum Gasteiger partial charge on any atom is 0.0587 e. The highest BCUT2D eigenvalue weighted by Crippen LogP contribution is 1.65. The van der Waals surface area contributed by atoms with Crippen molar-refractivity contribution in [2.75, 3.05) is 6.61 Å². The molecule has 10 heavy (non-hydrogen) atoms. The Kier molecular flexibility index (Phi) is 38.5. The molecule has 0 aromatic rings. The van der Waals surface area contributed by atoms with E-state index in [-0.39, 0.29) is 12.7 Å². The van der Waals surface area contributed by atoms with Crippen LogP contribution in [0.25, 0.3) is 0 Å². The van der Waals surface area contributed by atoms with Gasteiger partial charge in [0.05, 0.1) is 6.07 Å². The van der Waals surface area contributed by atoms with E-state index in [1.165, 1.54) is 6.92 Å². The van der Waals surface area contributed by atoms with Gasteiger partial charge >= 0.3 is 0 Å². The maximum absolute atomic E-state index is 8.06. The average molecular weight is 147 g/mol. The van der Waals surface area contributed by atoms with E-state index in [0.717, 1.165) is 0 Å². The molecule has 2 N–H and O–H groups in total. The summed E-state index contributed by atoms with van der Waals surface area (Å²) in [6, 6.07) is 1.75. The fourth-order valence-electron chi connectivity index (χ4n) is 0. The first-order valence-electron chi connectivity index (χ1n) is 3.16. The lowest BCUT2D eigenvalue weighted by molar-refractivity contribution is 0.216. The Morgan fingerprint density at radius 1 is 1.50 bits per heavy atom. The Morgan fingerprint density at radius 3 is 1.50 bits per heavy atom. The van der Waals surface area contributed by atoms with E-state index in [1.54, 1.807) is 26.8 Å². The predicted molar refractivity (Wildman–Crippen MR) is 41.4 cm³/mol. The molecule has 0 unspecified atom stereocenters. The Bertz CT molecular complexity index is 63.7. The zero-order valence-electron chi connectivity index (χ0n) is 7.13. The van der Waals surface area contributed by atoms with Gasteiger partial charge in [-0.3, -0.25) is 0 Å². The minimum atomic E-state index is -0.167. The van der Waals surface area contributed by atoms with Gasteiger partial charge in [0.25, 0.3) is 0 Å². The first kappa shape index (κ1) is 16.2. The third-order valence-electron chi connectivity index (χ3n) is 0. The van der Waals surface area contributed by atoms with Crippen LogP contribution in [0.2, 0.25) is 0 Å². The molecule has 0 rings (SSSR count). The topological polar surface area (TPSA) is 64.2 Å². The van der Waals surface area contributed by atoms with Gasteiger partial charge in [0, 0.05) is 19.6 Å². The highest BCUT2D eigenvalue weighted by molar-refractivity contribution is 4.51. The van der Waals surface area contributed by atoms with Crippen LogP contribution in [0.1, 0.15) is 27.7 Å². The van der Waals surface area contributed by atoms with Crippen molar-refractivity contribution in [3.8, 4) is 6.07 Å². The SMILES string of the molecule is CC#N.CC(C)O.CCO. The smallest absolute Gasteiger partial charge is 0.0587 e. The summed E-state index contributed by atoms with van der Waals surface area (Å²) in [5.41, 5.74) is 0. The van der Waals surface area contributed by atoms with Gasteiger partial charge < -0.3 is 10.2 Å². The van der Waals surface area contributed by atoms with Crippen molar-refractivity contribution in [1.82, 2.24) is 0 Å². The lowest BCUT2D eigenvalue weighted by atomic mass is 10.5. The molecule has 0 aromatic heterocycles. The van der Waals surface area contributed by atoms with Crippen molar-refractivity contribution in [2.24, 2.45) is 0 Å². The minimum absolute atomic E-state index is 0.167. The summed E-state index contributed by atoms with van der Waals surface area (Å²) >= 11 is 0. The first-order chi connectivity index (χ1) is 4.56. The van der Waals surface area contributed by atoms with Crippen molar-refractivity contribution in [3.05, 3.63) is 0 Å². The quantitative estimate of drug-likeness (QED) is 0.535. The van der Waals surface area contributed by atoms with E-state index in [0.29, 0.717) is 0 Å². The molecule has 0 heterocycles. The zero-order valence-corrected chi connectivity index (χ0v) is 7.13. The Labute approximate surface area is 62.9 Å². The second-order valence-corrected chi connectivity index (χ2v) is 1.63. The van der Waals surface area contributed by atoms with Crippen LogP contribution in [0.15, 0.2) is 0 Å². The standard InChI is InChI=1S/C3H8O.C2H3N.C2H6O/c1-3(2)4;2*1-2-3/h3-4H,1-2H3;1H3;3H,2H2,1H3. The molecule has 0 aliphatic heterocycles. The molecular weight excluding hydrogens is 130 g/mol. The van der Waals surface area contributed by atoms with Gasteiger partial charge in [0.15, 0.2) is 0 Å². The van der Waals surface area contributed by atoms with Crippen molar-refractivity contribution in [1.29, 1.82) is 5.26 Å². The predicted octanol–water partition coefficient (Wildman–Crippen LogP) is 0.916. The van der Waals surface area contributed by atoms with Crippen molar-refractivity contribution in [2.45, 2.75) is 33.8 Å². The van der Waals surface area contributed by atoms with Gasteiger partial charge in [-0.05, 0) is 20.8 Å². The number of hydrogen-bond acceptors (Lipinski definition) is 3. The maximum atomic E-state index is 8.06. The lowest BCUT2D eigenvalue weighted by Crippen LogP contribution is -1.85. The molecule has 0 fully saturated rings. The Balaban J connectivity index is -0.0000000750. The van der Waals surface area contributed by atoms with Gasteiger partial charge in [0.1, 0.15) is 0 Å². The van der Waals surface area contributed by atoms with E-state index in [1.807, 2.05) is 0 Å². The molecule has 0 aromatic carbocycles. The normalized spacial score (nSPS) is 6.20. The lowest BCUT2D eigenvalue weighted by Gasteiger charge is -1.80. The Hall–Kier alpha value is -0.590. The molecule has 0 amide bonds. The molecule has 0 spiro atoms. The number of aliphatic hydroxyl groups is 2. The van der Waals surface area contributed by atoms with E-state index >= 15 is 0 Å². The number of hydrogen-bond donors (Lipinski definition) is 2. The van der Waals surface area contributed by atoms with E-state index in [2.05, 4.69) is 0 Å². The first-order valence-corrected chi connectivity index (χ1v) is 3.16. The van der Waals surface area contributed by atoms with E-state index in [9.17, 15) is 0 Å². The second-order valence-electron chi connectivity index (χ2n) is 1.63. The summed E-state index contributed by atoms with van der Waals surface area (Å²) in [6.45, 7) is 6.81. The van der Waals surface area contributed by atoms with Gasteiger partial charge in [0.2, 0.25) is 0 Å². The van der Waals surface area contributed by atoms with Crippen LogP contribution in [0.5, 0.6) is 0 Å². The molecule has 0 saturated heterocycles. The molecule has 62 valence electrons. The van der Waals surface area contributed by atoms with Crippen LogP contribution >= 0.6 is 0 Å². The molecule has 0 aliphatic carbocycles. The third-order valence-corrected chi connectivity index (χ3v) is 0. The highest BCUT2D eigenvalue weighted by atomic mass is 16.3.